The molecule has 0 aromatic heterocycles. The molecule has 5 nitrogen and oxygen atoms in total. The summed E-state index contributed by atoms with van der Waals surface area (Å²) < 4.78 is 0. The molecular formula is C9H8N4OS. The number of hydrazine groups is 1. The van der Waals surface area contributed by atoms with Crippen LogP contribution in [0.2, 0.25) is 0 Å². The maximum atomic E-state index is 11.6. The number of carbonyl (C=O) groups excluding carboxylic acids is 1. The summed E-state index contributed by atoms with van der Waals surface area (Å²) in [5, 5.41) is 9.15. The molecule has 4 N–H and O–H groups in total. The maximum absolute atomic E-state index is 11.6. The molecule has 0 saturated heterocycles. The largest absolute Gasteiger partial charge is 0.375 e. The van der Waals surface area contributed by atoms with E-state index in [4.69, 9.17) is 16.8 Å². The lowest BCUT2D eigenvalue weighted by molar-refractivity contribution is 0.0848. The van der Waals surface area contributed by atoms with Crippen molar-refractivity contribution in [2.75, 3.05) is 0 Å². The smallest absolute Gasteiger partial charge is 0.275 e. The van der Waals surface area contributed by atoms with E-state index in [1.54, 1.807) is 12.1 Å². The Hall–Kier alpha value is -1.97. The lowest BCUT2D eigenvalue weighted by Gasteiger charge is -2.14. The van der Waals surface area contributed by atoms with Gasteiger partial charge in [-0.25, -0.2) is 10.9 Å². The summed E-state index contributed by atoms with van der Waals surface area (Å²) in [6, 6.07) is 8.16. The zero-order valence-corrected chi connectivity index (χ0v) is 8.49. The molecule has 0 spiro atoms. The van der Waals surface area contributed by atoms with Gasteiger partial charge in [0.25, 0.3) is 5.91 Å². The van der Waals surface area contributed by atoms with Crippen LogP contribution >= 0.6 is 12.2 Å². The fraction of sp³-hybridized carbons (Fsp3) is 0. The number of benzene rings is 1. The van der Waals surface area contributed by atoms with Crippen molar-refractivity contribution in [2.24, 2.45) is 11.6 Å². The van der Waals surface area contributed by atoms with Gasteiger partial charge >= 0.3 is 0 Å². The molecule has 0 radical (unpaired) electrons. The number of hydrogen-bond donors (Lipinski definition) is 2. The first-order chi connectivity index (χ1) is 7.07. The summed E-state index contributed by atoms with van der Waals surface area (Å²) in [5.41, 5.74) is 5.60. The van der Waals surface area contributed by atoms with Crippen molar-refractivity contribution in [3.05, 3.63) is 35.4 Å². The molecule has 76 valence electrons. The SMILES string of the molecule is N#Cc1ccccc1C(=O)N(N)C(N)=S. The van der Waals surface area contributed by atoms with Gasteiger partial charge < -0.3 is 5.73 Å². The van der Waals surface area contributed by atoms with E-state index in [0.29, 0.717) is 5.01 Å². The van der Waals surface area contributed by atoms with Gasteiger partial charge in [-0.1, -0.05) is 12.1 Å². The van der Waals surface area contributed by atoms with E-state index in [-0.39, 0.29) is 16.2 Å². The molecule has 0 heterocycles. The van der Waals surface area contributed by atoms with E-state index in [1.807, 2.05) is 6.07 Å². The third-order valence-corrected chi connectivity index (χ3v) is 1.93. The Morgan fingerprint density at radius 2 is 2.07 bits per heavy atom. The van der Waals surface area contributed by atoms with Crippen LogP contribution < -0.4 is 11.6 Å². The van der Waals surface area contributed by atoms with Gasteiger partial charge in [0.1, 0.15) is 0 Å². The second-order valence-corrected chi connectivity index (χ2v) is 3.09. The average molecular weight is 220 g/mol. The topological polar surface area (TPSA) is 96.1 Å². The number of thiocarbonyl (C=S) groups is 1. The van der Waals surface area contributed by atoms with Gasteiger partial charge in [0.05, 0.1) is 17.2 Å². The van der Waals surface area contributed by atoms with E-state index in [2.05, 4.69) is 12.2 Å². The van der Waals surface area contributed by atoms with Crippen LogP contribution in [0.25, 0.3) is 0 Å². The van der Waals surface area contributed by atoms with Crippen LogP contribution in [0, 0.1) is 11.3 Å². The maximum Gasteiger partial charge on any atom is 0.275 e. The molecule has 0 unspecified atom stereocenters. The van der Waals surface area contributed by atoms with E-state index < -0.39 is 5.91 Å². The molecule has 1 aromatic rings. The highest BCUT2D eigenvalue weighted by atomic mass is 32.1. The van der Waals surface area contributed by atoms with E-state index in [0.717, 1.165) is 0 Å². The highest BCUT2D eigenvalue weighted by Crippen LogP contribution is 2.08. The van der Waals surface area contributed by atoms with Gasteiger partial charge in [-0.2, -0.15) is 5.26 Å². The summed E-state index contributed by atoms with van der Waals surface area (Å²) in [5.74, 6) is 4.73. The summed E-state index contributed by atoms with van der Waals surface area (Å²) >= 11 is 4.55. The fourth-order valence-corrected chi connectivity index (χ4v) is 1.08. The molecule has 0 saturated carbocycles. The van der Waals surface area contributed by atoms with Crippen molar-refractivity contribution < 1.29 is 4.79 Å². The first-order valence-electron chi connectivity index (χ1n) is 3.95. The van der Waals surface area contributed by atoms with Crippen molar-refractivity contribution in [1.29, 1.82) is 5.26 Å². The Morgan fingerprint density at radius 3 is 2.60 bits per heavy atom. The van der Waals surface area contributed by atoms with Gasteiger partial charge in [0.15, 0.2) is 5.11 Å². The Morgan fingerprint density at radius 1 is 1.47 bits per heavy atom. The minimum Gasteiger partial charge on any atom is -0.375 e. The quantitative estimate of drug-likeness (QED) is 0.303. The lowest BCUT2D eigenvalue weighted by atomic mass is 10.1. The normalized spacial score (nSPS) is 9.07. The highest BCUT2D eigenvalue weighted by molar-refractivity contribution is 7.80. The van der Waals surface area contributed by atoms with Gasteiger partial charge in [0.2, 0.25) is 0 Å². The first kappa shape index (κ1) is 11.1. The molecule has 0 atom stereocenters. The van der Waals surface area contributed by atoms with Crippen LogP contribution in [0.15, 0.2) is 24.3 Å². The minimum atomic E-state index is -0.598. The second kappa shape index (κ2) is 4.50. The van der Waals surface area contributed by atoms with Crippen LogP contribution in [0.1, 0.15) is 15.9 Å². The standard InChI is InChI=1S/C9H8N4OS/c10-5-6-3-1-2-4-7(6)8(14)13(12)9(11)15/h1-4H,12H2,(H2,11,15). The summed E-state index contributed by atoms with van der Waals surface area (Å²) in [6.07, 6.45) is 0. The number of nitrogens with two attached hydrogens (primary N) is 2. The third kappa shape index (κ3) is 2.28. The Bertz CT molecular complexity index is 452. The van der Waals surface area contributed by atoms with Gasteiger partial charge in [-0.05, 0) is 24.4 Å². The summed E-state index contributed by atoms with van der Waals surface area (Å²) in [4.78, 5) is 11.6. The number of nitrogens with zero attached hydrogens (tertiary/aromatic N) is 2. The van der Waals surface area contributed by atoms with Crippen molar-refractivity contribution in [3.63, 3.8) is 0 Å². The lowest BCUT2D eigenvalue weighted by Crippen LogP contribution is -2.45. The summed E-state index contributed by atoms with van der Waals surface area (Å²) in [6.45, 7) is 0. The second-order valence-electron chi connectivity index (χ2n) is 2.67. The highest BCUT2D eigenvalue weighted by Gasteiger charge is 2.17. The van der Waals surface area contributed by atoms with E-state index in [9.17, 15) is 4.79 Å². The number of hydrogen-bond acceptors (Lipinski definition) is 4. The fourth-order valence-electron chi connectivity index (χ4n) is 0.997. The monoisotopic (exact) mass is 220 g/mol. The number of nitriles is 1. The first-order valence-corrected chi connectivity index (χ1v) is 4.36. The average Bonchev–Trinajstić information content (AvgIpc) is 2.26. The zero-order chi connectivity index (χ0) is 11.4. The molecule has 1 amide bonds. The van der Waals surface area contributed by atoms with Crippen molar-refractivity contribution in [2.45, 2.75) is 0 Å². The molecule has 0 bridgehead atoms. The van der Waals surface area contributed by atoms with E-state index >= 15 is 0 Å². The zero-order valence-electron chi connectivity index (χ0n) is 7.68. The molecule has 0 aliphatic carbocycles. The third-order valence-electron chi connectivity index (χ3n) is 1.73. The van der Waals surface area contributed by atoms with Crippen LogP contribution in [0.4, 0.5) is 0 Å². The van der Waals surface area contributed by atoms with Gasteiger partial charge in [-0.3, -0.25) is 4.79 Å². The van der Waals surface area contributed by atoms with Crippen LogP contribution in [-0.4, -0.2) is 16.0 Å². The van der Waals surface area contributed by atoms with Crippen molar-refractivity contribution >= 4 is 23.2 Å². The molecule has 6 heteroatoms. The summed E-state index contributed by atoms with van der Waals surface area (Å²) in [7, 11) is 0. The molecule has 1 rings (SSSR count). The number of amides is 1. The molecular weight excluding hydrogens is 212 g/mol. The van der Waals surface area contributed by atoms with Gasteiger partial charge in [0, 0.05) is 0 Å². The predicted octanol–water partition coefficient (Wildman–Crippen LogP) is 0.118. The molecule has 1 aromatic carbocycles. The van der Waals surface area contributed by atoms with Crippen LogP contribution in [-0.2, 0) is 0 Å². The Balaban J connectivity index is 3.12. The van der Waals surface area contributed by atoms with Gasteiger partial charge in [-0.15, -0.1) is 0 Å². The van der Waals surface area contributed by atoms with Crippen LogP contribution in [0.3, 0.4) is 0 Å². The minimum absolute atomic E-state index is 0.176. The molecule has 0 fully saturated rings. The molecule has 0 aliphatic rings. The Labute approximate surface area is 91.8 Å². The number of rotatable bonds is 1. The number of carbonyl (C=O) groups is 1. The van der Waals surface area contributed by atoms with Crippen LogP contribution in [0.5, 0.6) is 0 Å². The van der Waals surface area contributed by atoms with Crippen molar-refractivity contribution in [1.82, 2.24) is 5.01 Å². The predicted molar refractivity (Wildman–Crippen MR) is 58.3 cm³/mol. The molecule has 15 heavy (non-hydrogen) atoms. The van der Waals surface area contributed by atoms with E-state index in [1.165, 1.54) is 12.1 Å². The Kier molecular flexibility index (Phi) is 3.33. The van der Waals surface area contributed by atoms with Crippen molar-refractivity contribution in [3.8, 4) is 6.07 Å². The molecule has 0 aliphatic heterocycles.